The summed E-state index contributed by atoms with van der Waals surface area (Å²) in [5.41, 5.74) is 0.754. The summed E-state index contributed by atoms with van der Waals surface area (Å²) in [5.74, 6) is -0.662. The standard InChI is InChI=1S/C22H18N4O4/c1-2-30-21(28)16-11-17(15-9-6-10-23-12-15)24-19-18(16)20(27)25-22(29)26(19)13-14-7-4-3-5-8-14/h3-12H,2,13H2,1H3,(H,25,27,29). The van der Waals surface area contributed by atoms with E-state index < -0.39 is 17.2 Å². The van der Waals surface area contributed by atoms with Crippen molar-refractivity contribution in [2.45, 2.75) is 13.5 Å². The third-order valence-electron chi connectivity index (χ3n) is 4.58. The molecule has 0 saturated carbocycles. The number of rotatable bonds is 5. The van der Waals surface area contributed by atoms with Crippen molar-refractivity contribution in [3.63, 3.8) is 0 Å². The van der Waals surface area contributed by atoms with E-state index in [1.165, 1.54) is 10.6 Å². The highest BCUT2D eigenvalue weighted by molar-refractivity contribution is 6.03. The third kappa shape index (κ3) is 3.62. The lowest BCUT2D eigenvalue weighted by Gasteiger charge is -2.13. The molecule has 30 heavy (non-hydrogen) atoms. The van der Waals surface area contributed by atoms with Crippen LogP contribution in [-0.4, -0.2) is 32.1 Å². The molecular weight excluding hydrogens is 384 g/mol. The fraction of sp³-hybridized carbons (Fsp3) is 0.136. The van der Waals surface area contributed by atoms with E-state index in [0.29, 0.717) is 11.3 Å². The zero-order valence-corrected chi connectivity index (χ0v) is 16.2. The predicted octanol–water partition coefficient (Wildman–Crippen LogP) is 2.37. The number of hydrogen-bond donors (Lipinski definition) is 1. The maximum Gasteiger partial charge on any atom is 0.339 e. The number of H-pyrrole nitrogens is 1. The van der Waals surface area contributed by atoms with E-state index in [2.05, 4.69) is 15.0 Å². The van der Waals surface area contributed by atoms with Gasteiger partial charge in [-0.15, -0.1) is 0 Å². The molecule has 0 spiro atoms. The summed E-state index contributed by atoms with van der Waals surface area (Å²) in [6.07, 6.45) is 3.21. The number of fused-ring (bicyclic) bond motifs is 1. The lowest BCUT2D eigenvalue weighted by atomic mass is 10.1. The molecule has 150 valence electrons. The molecule has 0 saturated heterocycles. The Morgan fingerprint density at radius 3 is 2.63 bits per heavy atom. The van der Waals surface area contributed by atoms with Crippen LogP contribution in [0.3, 0.4) is 0 Å². The molecule has 0 radical (unpaired) electrons. The first-order chi connectivity index (χ1) is 14.6. The van der Waals surface area contributed by atoms with Crippen LogP contribution in [-0.2, 0) is 11.3 Å². The minimum absolute atomic E-state index is 0.0108. The van der Waals surface area contributed by atoms with Crippen LogP contribution in [0.5, 0.6) is 0 Å². The van der Waals surface area contributed by atoms with Gasteiger partial charge in [0.05, 0.1) is 29.8 Å². The fourth-order valence-electron chi connectivity index (χ4n) is 3.22. The van der Waals surface area contributed by atoms with Crippen LogP contribution in [0, 0.1) is 0 Å². The molecule has 0 aliphatic rings. The normalized spacial score (nSPS) is 10.8. The van der Waals surface area contributed by atoms with Crippen LogP contribution in [0.15, 0.2) is 70.5 Å². The number of nitrogens with zero attached hydrogens (tertiary/aromatic N) is 3. The quantitative estimate of drug-likeness (QED) is 0.514. The Morgan fingerprint density at radius 1 is 1.13 bits per heavy atom. The van der Waals surface area contributed by atoms with E-state index in [4.69, 9.17) is 4.74 Å². The summed E-state index contributed by atoms with van der Waals surface area (Å²) >= 11 is 0. The van der Waals surface area contributed by atoms with Crippen LogP contribution in [0.1, 0.15) is 22.8 Å². The summed E-state index contributed by atoms with van der Waals surface area (Å²) in [6, 6.07) is 14.3. The highest BCUT2D eigenvalue weighted by atomic mass is 16.5. The highest BCUT2D eigenvalue weighted by Crippen LogP contribution is 2.23. The lowest BCUT2D eigenvalue weighted by Crippen LogP contribution is -2.32. The van der Waals surface area contributed by atoms with E-state index in [1.54, 1.807) is 31.5 Å². The van der Waals surface area contributed by atoms with Gasteiger partial charge >= 0.3 is 11.7 Å². The largest absolute Gasteiger partial charge is 0.462 e. The van der Waals surface area contributed by atoms with Gasteiger partial charge in [-0.1, -0.05) is 30.3 Å². The number of carbonyl (C=O) groups excluding carboxylic acids is 1. The number of nitrogens with one attached hydrogen (secondary N) is 1. The smallest absolute Gasteiger partial charge is 0.339 e. The first-order valence-corrected chi connectivity index (χ1v) is 9.37. The van der Waals surface area contributed by atoms with Crippen molar-refractivity contribution in [2.75, 3.05) is 6.61 Å². The van der Waals surface area contributed by atoms with Crippen LogP contribution in [0.2, 0.25) is 0 Å². The second-order valence-corrected chi connectivity index (χ2v) is 6.55. The fourth-order valence-corrected chi connectivity index (χ4v) is 3.22. The van der Waals surface area contributed by atoms with Crippen LogP contribution in [0.4, 0.5) is 0 Å². The summed E-state index contributed by atoms with van der Waals surface area (Å²) in [4.78, 5) is 48.9. The molecule has 1 N–H and O–H groups in total. The molecule has 0 fully saturated rings. The summed E-state index contributed by atoms with van der Waals surface area (Å²) in [6.45, 7) is 2.00. The molecule has 4 aromatic rings. The summed E-state index contributed by atoms with van der Waals surface area (Å²) in [5, 5.41) is 0.0108. The maximum atomic E-state index is 12.7. The van der Waals surface area contributed by atoms with E-state index in [0.717, 1.165) is 5.56 Å². The van der Waals surface area contributed by atoms with Gasteiger partial charge in [-0.25, -0.2) is 14.6 Å². The minimum atomic E-state index is -0.687. The Bertz CT molecular complexity index is 1330. The van der Waals surface area contributed by atoms with Crippen molar-refractivity contribution in [3.8, 4) is 11.3 Å². The molecule has 3 heterocycles. The van der Waals surface area contributed by atoms with Crippen molar-refractivity contribution in [1.82, 2.24) is 19.5 Å². The second kappa shape index (κ2) is 8.12. The maximum absolute atomic E-state index is 12.7. The average Bonchev–Trinajstić information content (AvgIpc) is 2.77. The van der Waals surface area contributed by atoms with Crippen LogP contribution < -0.4 is 11.2 Å². The van der Waals surface area contributed by atoms with E-state index in [9.17, 15) is 14.4 Å². The van der Waals surface area contributed by atoms with Gasteiger partial charge in [-0.2, -0.15) is 0 Å². The number of carbonyl (C=O) groups is 1. The molecule has 0 amide bonds. The number of aromatic nitrogens is 4. The Morgan fingerprint density at radius 2 is 1.93 bits per heavy atom. The third-order valence-corrected chi connectivity index (χ3v) is 4.58. The number of ether oxygens (including phenoxy) is 1. The zero-order valence-electron chi connectivity index (χ0n) is 16.2. The Hall–Kier alpha value is -4.07. The van der Waals surface area contributed by atoms with Gasteiger partial charge in [-0.05, 0) is 30.7 Å². The second-order valence-electron chi connectivity index (χ2n) is 6.55. The van der Waals surface area contributed by atoms with Gasteiger partial charge in [0.2, 0.25) is 0 Å². The van der Waals surface area contributed by atoms with Gasteiger partial charge in [0.25, 0.3) is 5.56 Å². The van der Waals surface area contributed by atoms with Crippen molar-refractivity contribution in [1.29, 1.82) is 0 Å². The molecule has 3 aromatic heterocycles. The number of aromatic amines is 1. The number of benzene rings is 1. The Kier molecular flexibility index (Phi) is 5.21. The van der Waals surface area contributed by atoms with Crippen molar-refractivity contribution in [2.24, 2.45) is 0 Å². The predicted molar refractivity (Wildman–Crippen MR) is 111 cm³/mol. The molecule has 0 unspecified atom stereocenters. The minimum Gasteiger partial charge on any atom is -0.462 e. The summed E-state index contributed by atoms with van der Waals surface area (Å²) in [7, 11) is 0. The SMILES string of the molecule is CCOC(=O)c1cc(-c2cccnc2)nc2c1c(=O)[nH]c(=O)n2Cc1ccccc1. The van der Waals surface area contributed by atoms with Gasteiger partial charge in [0, 0.05) is 18.0 Å². The van der Waals surface area contributed by atoms with Crippen LogP contribution >= 0.6 is 0 Å². The monoisotopic (exact) mass is 402 g/mol. The molecule has 0 aliphatic heterocycles. The number of esters is 1. The molecule has 1 aromatic carbocycles. The first-order valence-electron chi connectivity index (χ1n) is 9.37. The van der Waals surface area contributed by atoms with E-state index >= 15 is 0 Å². The van der Waals surface area contributed by atoms with Gasteiger partial charge < -0.3 is 4.74 Å². The first kappa shape index (κ1) is 19.3. The Balaban J connectivity index is 2.05. The lowest BCUT2D eigenvalue weighted by molar-refractivity contribution is 0.0528. The van der Waals surface area contributed by atoms with E-state index in [-0.39, 0.29) is 29.7 Å². The molecule has 8 nitrogen and oxygen atoms in total. The molecule has 0 aliphatic carbocycles. The molecule has 0 atom stereocenters. The number of hydrogen-bond acceptors (Lipinski definition) is 6. The molecule has 4 rings (SSSR count). The van der Waals surface area contributed by atoms with Crippen molar-refractivity contribution < 1.29 is 9.53 Å². The van der Waals surface area contributed by atoms with Gasteiger partial charge in [-0.3, -0.25) is 19.3 Å². The number of pyridine rings is 2. The zero-order chi connectivity index (χ0) is 21.1. The highest BCUT2D eigenvalue weighted by Gasteiger charge is 2.21. The van der Waals surface area contributed by atoms with Gasteiger partial charge in [0.15, 0.2) is 5.65 Å². The van der Waals surface area contributed by atoms with Crippen LogP contribution in [0.25, 0.3) is 22.3 Å². The van der Waals surface area contributed by atoms with Crippen molar-refractivity contribution >= 4 is 17.0 Å². The average molecular weight is 402 g/mol. The molecule has 8 heteroatoms. The molecular formula is C22H18N4O4. The van der Waals surface area contributed by atoms with E-state index in [1.807, 2.05) is 30.3 Å². The molecule has 0 bridgehead atoms. The summed E-state index contributed by atoms with van der Waals surface area (Å²) < 4.78 is 6.49. The van der Waals surface area contributed by atoms with Crippen molar-refractivity contribution in [3.05, 3.63) is 92.9 Å². The Labute approximate surface area is 170 Å². The topological polar surface area (TPSA) is 107 Å². The van der Waals surface area contributed by atoms with Gasteiger partial charge in [0.1, 0.15) is 0 Å².